The first-order valence-electron chi connectivity index (χ1n) is 12.1. The Hall–Kier alpha value is -2.95. The van der Waals surface area contributed by atoms with Crippen LogP contribution >= 0.6 is 11.6 Å². The van der Waals surface area contributed by atoms with Crippen molar-refractivity contribution in [2.45, 2.75) is 45.6 Å². The van der Waals surface area contributed by atoms with E-state index in [1.54, 1.807) is 12.4 Å². The molecule has 0 amide bonds. The van der Waals surface area contributed by atoms with Gasteiger partial charge in [-0.2, -0.15) is 0 Å². The Morgan fingerprint density at radius 1 is 0.971 bits per heavy atom. The molecule has 4 aromatic rings. The van der Waals surface area contributed by atoms with Crippen molar-refractivity contribution in [1.29, 1.82) is 0 Å². The number of benzene rings is 2. The monoisotopic (exact) mass is 471 g/mol. The van der Waals surface area contributed by atoms with E-state index in [2.05, 4.69) is 48.4 Å². The number of ether oxygens (including phenoxy) is 1. The van der Waals surface area contributed by atoms with Gasteiger partial charge in [0.05, 0.1) is 17.1 Å². The smallest absolute Gasteiger partial charge is 0.138 e. The van der Waals surface area contributed by atoms with Crippen LogP contribution in [-0.2, 0) is 0 Å². The number of aromatic nitrogens is 2. The molecule has 1 unspecified atom stereocenters. The minimum atomic E-state index is 0.522. The highest BCUT2D eigenvalue weighted by Gasteiger charge is 2.18. The molecule has 1 aliphatic heterocycles. The Labute approximate surface area is 206 Å². The third-order valence-corrected chi connectivity index (χ3v) is 6.87. The van der Waals surface area contributed by atoms with Gasteiger partial charge in [-0.15, -0.1) is 0 Å². The quantitative estimate of drug-likeness (QED) is 0.324. The minimum absolute atomic E-state index is 0.522. The number of pyridine rings is 2. The fraction of sp³-hybridized carbons (Fsp3) is 0.310. The lowest BCUT2D eigenvalue weighted by Crippen LogP contribution is -2.35. The second-order valence-electron chi connectivity index (χ2n) is 9.25. The largest absolute Gasteiger partial charge is 0.492 e. The van der Waals surface area contributed by atoms with Gasteiger partial charge in [0.25, 0.3) is 0 Å². The zero-order valence-corrected chi connectivity index (χ0v) is 20.5. The van der Waals surface area contributed by atoms with Crippen LogP contribution in [0.25, 0.3) is 33.2 Å². The molecule has 1 saturated heterocycles. The summed E-state index contributed by atoms with van der Waals surface area (Å²) in [6.45, 7) is 6.01. The molecule has 0 radical (unpaired) electrons. The van der Waals surface area contributed by atoms with Gasteiger partial charge in [0, 0.05) is 41.1 Å². The molecule has 1 N–H and O–H groups in total. The van der Waals surface area contributed by atoms with Gasteiger partial charge in [-0.05, 0) is 75.0 Å². The van der Waals surface area contributed by atoms with Gasteiger partial charge < -0.3 is 10.1 Å². The number of hydrogen-bond donors (Lipinski definition) is 1. The number of rotatable bonds is 6. The fourth-order valence-corrected chi connectivity index (χ4v) is 5.17. The minimum Gasteiger partial charge on any atom is -0.492 e. The number of aryl methyl sites for hydroxylation is 2. The average molecular weight is 472 g/mol. The number of halogens is 1. The third-order valence-electron chi connectivity index (χ3n) is 6.56. The van der Waals surface area contributed by atoms with Crippen LogP contribution in [0.5, 0.6) is 5.75 Å². The first kappa shape index (κ1) is 22.8. The number of hydrogen-bond acceptors (Lipinski definition) is 4. The zero-order chi connectivity index (χ0) is 23.5. The van der Waals surface area contributed by atoms with E-state index in [9.17, 15) is 0 Å². The second kappa shape index (κ2) is 10.1. The summed E-state index contributed by atoms with van der Waals surface area (Å²) in [7, 11) is 0. The first-order valence-corrected chi connectivity index (χ1v) is 12.4. The molecule has 5 rings (SSSR count). The second-order valence-corrected chi connectivity index (χ2v) is 9.65. The van der Waals surface area contributed by atoms with Gasteiger partial charge in [-0.1, -0.05) is 47.3 Å². The summed E-state index contributed by atoms with van der Waals surface area (Å²) in [5.74, 6) is 0.873. The molecule has 5 heteroatoms. The molecular formula is C29H30ClN3O. The summed E-state index contributed by atoms with van der Waals surface area (Å²) in [4.78, 5) is 8.93. The zero-order valence-electron chi connectivity index (χ0n) is 19.8. The van der Waals surface area contributed by atoms with Crippen LogP contribution in [-0.4, -0.2) is 29.2 Å². The van der Waals surface area contributed by atoms with E-state index in [-0.39, 0.29) is 0 Å². The van der Waals surface area contributed by atoms with E-state index < -0.39 is 0 Å². The third kappa shape index (κ3) is 4.94. The Balaban J connectivity index is 1.60. The number of piperidine rings is 1. The van der Waals surface area contributed by atoms with Gasteiger partial charge >= 0.3 is 0 Å². The van der Waals surface area contributed by atoms with Crippen molar-refractivity contribution in [1.82, 2.24) is 15.3 Å². The molecule has 0 aliphatic carbocycles. The number of nitrogens with zero attached hydrogens (tertiary/aromatic N) is 2. The highest BCUT2D eigenvalue weighted by molar-refractivity contribution is 6.34. The van der Waals surface area contributed by atoms with E-state index in [0.717, 1.165) is 51.9 Å². The highest BCUT2D eigenvalue weighted by Crippen LogP contribution is 2.40. The maximum atomic E-state index is 6.68. The Morgan fingerprint density at radius 3 is 2.50 bits per heavy atom. The van der Waals surface area contributed by atoms with Crippen molar-refractivity contribution in [2.24, 2.45) is 0 Å². The maximum absolute atomic E-state index is 6.68. The lowest BCUT2D eigenvalue weighted by Gasteiger charge is -2.24. The average Bonchev–Trinajstić information content (AvgIpc) is 2.84. The summed E-state index contributed by atoms with van der Waals surface area (Å²) in [5, 5.41) is 5.27. The molecule has 34 heavy (non-hydrogen) atoms. The highest BCUT2D eigenvalue weighted by atomic mass is 35.5. The maximum Gasteiger partial charge on any atom is 0.138 e. The van der Waals surface area contributed by atoms with Crippen LogP contribution in [0.4, 0.5) is 0 Å². The molecule has 0 spiro atoms. The lowest BCUT2D eigenvalue weighted by molar-refractivity contribution is 0.271. The topological polar surface area (TPSA) is 47.0 Å². The van der Waals surface area contributed by atoms with Crippen LogP contribution in [0.2, 0.25) is 5.02 Å². The van der Waals surface area contributed by atoms with Crippen molar-refractivity contribution in [2.75, 3.05) is 13.2 Å². The summed E-state index contributed by atoms with van der Waals surface area (Å²) < 4.78 is 6.58. The van der Waals surface area contributed by atoms with Crippen LogP contribution in [0.15, 0.2) is 61.1 Å². The molecule has 4 nitrogen and oxygen atoms in total. The van der Waals surface area contributed by atoms with E-state index >= 15 is 0 Å². The molecule has 0 bridgehead atoms. The lowest BCUT2D eigenvalue weighted by atomic mass is 9.98. The summed E-state index contributed by atoms with van der Waals surface area (Å²) in [6.07, 6.45) is 10.3. The van der Waals surface area contributed by atoms with E-state index in [0.29, 0.717) is 17.7 Å². The summed E-state index contributed by atoms with van der Waals surface area (Å²) >= 11 is 6.68. The normalized spacial score (nSPS) is 16.0. The molecule has 1 atom stereocenters. The Kier molecular flexibility index (Phi) is 6.80. The molecule has 3 heterocycles. The molecule has 174 valence electrons. The van der Waals surface area contributed by atoms with Crippen molar-refractivity contribution in [3.05, 3.63) is 77.2 Å². The Bertz CT molecular complexity index is 1280. The predicted molar refractivity (Wildman–Crippen MR) is 141 cm³/mol. The fourth-order valence-electron chi connectivity index (χ4n) is 4.91. The molecule has 1 fully saturated rings. The predicted octanol–water partition coefficient (Wildman–Crippen LogP) is 7.15. The van der Waals surface area contributed by atoms with Crippen LogP contribution < -0.4 is 10.1 Å². The van der Waals surface area contributed by atoms with Crippen molar-refractivity contribution in [3.63, 3.8) is 0 Å². The van der Waals surface area contributed by atoms with E-state index in [4.69, 9.17) is 21.3 Å². The van der Waals surface area contributed by atoms with Crippen LogP contribution in [0.3, 0.4) is 0 Å². The van der Waals surface area contributed by atoms with Gasteiger partial charge in [-0.25, -0.2) is 0 Å². The molecular weight excluding hydrogens is 442 g/mol. The molecule has 1 aliphatic rings. The van der Waals surface area contributed by atoms with Gasteiger partial charge in [0.1, 0.15) is 5.75 Å². The standard InChI is InChI=1S/C29H30ClN3O/c1-19-13-20(2)15-22(14-19)26-18-33-28-17-27(30)24(21-6-10-31-11-7-21)16-25(28)29(26)34-12-8-23-5-3-4-9-32-23/h6-7,10-11,13-18,23,32H,3-5,8-9,12H2,1-2H3. The van der Waals surface area contributed by atoms with Crippen molar-refractivity contribution in [3.8, 4) is 28.0 Å². The summed E-state index contributed by atoms with van der Waals surface area (Å²) in [6, 6.07) is 15.1. The van der Waals surface area contributed by atoms with Crippen LogP contribution in [0, 0.1) is 13.8 Å². The number of fused-ring (bicyclic) bond motifs is 1. The van der Waals surface area contributed by atoms with Gasteiger partial charge in [0.15, 0.2) is 0 Å². The van der Waals surface area contributed by atoms with Gasteiger partial charge in [0.2, 0.25) is 0 Å². The molecule has 2 aromatic heterocycles. The molecule has 2 aromatic carbocycles. The molecule has 0 saturated carbocycles. The van der Waals surface area contributed by atoms with Crippen molar-refractivity contribution < 1.29 is 4.74 Å². The Morgan fingerprint density at radius 2 is 1.76 bits per heavy atom. The number of nitrogens with one attached hydrogen (secondary N) is 1. The van der Waals surface area contributed by atoms with Crippen LogP contribution in [0.1, 0.15) is 36.8 Å². The van der Waals surface area contributed by atoms with Gasteiger partial charge in [-0.3, -0.25) is 9.97 Å². The SMILES string of the molecule is Cc1cc(C)cc(-c2cnc3cc(Cl)c(-c4ccncc4)cc3c2OCCC2CCCCN2)c1. The first-order chi connectivity index (χ1) is 16.6. The summed E-state index contributed by atoms with van der Waals surface area (Å²) in [5.41, 5.74) is 7.39. The van der Waals surface area contributed by atoms with Crippen molar-refractivity contribution >= 4 is 22.5 Å². The van der Waals surface area contributed by atoms with E-state index in [1.807, 2.05) is 24.4 Å². The van der Waals surface area contributed by atoms with E-state index in [1.165, 1.54) is 30.4 Å².